The Morgan fingerprint density at radius 1 is 1.16 bits per heavy atom. The lowest BCUT2D eigenvalue weighted by molar-refractivity contribution is -0.131. The molecule has 0 unspecified atom stereocenters. The topological polar surface area (TPSA) is 37.3 Å². The summed E-state index contributed by atoms with van der Waals surface area (Å²) in [6.07, 6.45) is 6.68. The van der Waals surface area contributed by atoms with Crippen LogP contribution in [0.5, 0.6) is 0 Å². The van der Waals surface area contributed by atoms with Crippen molar-refractivity contribution >= 4 is 12.0 Å². The van der Waals surface area contributed by atoms with Crippen LogP contribution in [-0.4, -0.2) is 11.1 Å². The molecule has 2 heteroatoms. The second-order valence-electron chi connectivity index (χ2n) is 3.50. The van der Waals surface area contributed by atoms with E-state index >= 15 is 0 Å². The van der Waals surface area contributed by atoms with Crippen LogP contribution in [0.25, 0.3) is 6.08 Å². The molecule has 0 aliphatic heterocycles. The maximum Gasteiger partial charge on any atom is 0.327 e. The highest BCUT2D eigenvalue weighted by molar-refractivity contribution is 5.78. The molecule has 0 aliphatic rings. The number of benzene rings is 1. The van der Waals surface area contributed by atoms with Crippen LogP contribution in [0.2, 0.25) is 0 Å². The first kappa shape index (κ1) is 19.0. The van der Waals surface area contributed by atoms with Crippen LogP contribution < -0.4 is 0 Å². The maximum atomic E-state index is 9.25. The van der Waals surface area contributed by atoms with Gasteiger partial charge in [-0.2, -0.15) is 0 Å². The van der Waals surface area contributed by atoms with Gasteiger partial charge in [0.25, 0.3) is 0 Å². The molecule has 0 aromatic heterocycles. The van der Waals surface area contributed by atoms with Crippen LogP contribution in [0.4, 0.5) is 0 Å². The Kier molecular flexibility index (Phi) is 13.7. The van der Waals surface area contributed by atoms with Gasteiger partial charge in [-0.3, -0.25) is 0 Å². The van der Waals surface area contributed by atoms with Crippen LogP contribution in [0, 0.1) is 0 Å². The lowest BCUT2D eigenvalue weighted by Gasteiger charge is -1.86. The molecule has 102 valence electrons. The fraction of sp³-hybridized carbons (Fsp3) is 0.118. The molecule has 19 heavy (non-hydrogen) atoms. The van der Waals surface area contributed by atoms with Crippen molar-refractivity contribution in [2.24, 2.45) is 0 Å². The molecule has 1 rings (SSSR count). The zero-order valence-corrected chi connectivity index (χ0v) is 11.7. The molecular formula is C17H22O2. The van der Waals surface area contributed by atoms with Crippen molar-refractivity contribution < 1.29 is 9.90 Å². The zero-order valence-electron chi connectivity index (χ0n) is 11.7. The van der Waals surface area contributed by atoms with Crippen molar-refractivity contribution in [1.29, 1.82) is 0 Å². The number of carboxylic acid groups (broad SMARTS) is 1. The summed E-state index contributed by atoms with van der Waals surface area (Å²) in [7, 11) is 0. The molecule has 0 fully saturated rings. The van der Waals surface area contributed by atoms with Gasteiger partial charge < -0.3 is 5.11 Å². The number of rotatable bonds is 3. The van der Waals surface area contributed by atoms with Gasteiger partial charge in [-0.25, -0.2) is 4.79 Å². The summed E-state index contributed by atoms with van der Waals surface area (Å²) in [5.41, 5.74) is 2.28. The fourth-order valence-electron chi connectivity index (χ4n) is 0.757. The van der Waals surface area contributed by atoms with Gasteiger partial charge in [0.15, 0.2) is 0 Å². The van der Waals surface area contributed by atoms with E-state index in [0.29, 0.717) is 0 Å². The van der Waals surface area contributed by atoms with E-state index in [9.17, 15) is 4.79 Å². The number of aliphatic carboxylic acids is 1. The first-order valence-corrected chi connectivity index (χ1v) is 5.79. The zero-order chi connectivity index (χ0) is 15.1. The lowest BCUT2D eigenvalue weighted by Crippen LogP contribution is -1.82. The highest BCUT2D eigenvalue weighted by Gasteiger charge is 1.77. The molecule has 1 aromatic carbocycles. The Hall–Kier alpha value is -2.35. The van der Waals surface area contributed by atoms with Crippen LogP contribution in [-0.2, 0) is 4.79 Å². The third kappa shape index (κ3) is 18.2. The molecule has 0 saturated heterocycles. The van der Waals surface area contributed by atoms with Crippen LogP contribution in [0.3, 0.4) is 0 Å². The van der Waals surface area contributed by atoms with E-state index < -0.39 is 5.97 Å². The van der Waals surface area contributed by atoms with E-state index in [1.165, 1.54) is 5.56 Å². The third-order valence-electron chi connectivity index (χ3n) is 1.68. The van der Waals surface area contributed by atoms with E-state index in [1.54, 1.807) is 6.08 Å². The molecule has 0 heterocycles. The highest BCUT2D eigenvalue weighted by Crippen LogP contribution is 1.99. The largest absolute Gasteiger partial charge is 0.478 e. The summed E-state index contributed by atoms with van der Waals surface area (Å²) in [6.45, 7) is 13.9. The summed E-state index contributed by atoms with van der Waals surface area (Å²) in [5, 5.41) is 7.60. The van der Waals surface area contributed by atoms with Gasteiger partial charge in [0.05, 0.1) is 0 Å². The number of carbonyl (C=O) groups is 1. The van der Waals surface area contributed by atoms with Gasteiger partial charge >= 0.3 is 5.97 Å². The van der Waals surface area contributed by atoms with Gasteiger partial charge in [0.2, 0.25) is 0 Å². The summed E-state index contributed by atoms with van der Waals surface area (Å²) < 4.78 is 0. The van der Waals surface area contributed by atoms with Crippen LogP contribution in [0.1, 0.15) is 19.4 Å². The molecule has 2 nitrogen and oxygen atoms in total. The van der Waals surface area contributed by atoms with Crippen molar-refractivity contribution in [2.45, 2.75) is 13.8 Å². The Balaban J connectivity index is 0. The summed E-state index contributed by atoms with van der Waals surface area (Å²) in [6, 6.07) is 10.3. The highest BCUT2D eigenvalue weighted by atomic mass is 16.4. The molecule has 0 radical (unpaired) electrons. The summed E-state index contributed by atoms with van der Waals surface area (Å²) in [4.78, 5) is 9.25. The number of allylic oxidation sites excluding steroid dienone is 3. The van der Waals surface area contributed by atoms with Gasteiger partial charge in [0.1, 0.15) is 0 Å². The van der Waals surface area contributed by atoms with Crippen molar-refractivity contribution in [3.05, 3.63) is 79.4 Å². The second-order valence-corrected chi connectivity index (χ2v) is 3.50. The van der Waals surface area contributed by atoms with Crippen molar-refractivity contribution in [1.82, 2.24) is 0 Å². The monoisotopic (exact) mass is 258 g/mol. The minimum atomic E-state index is -0.981. The minimum Gasteiger partial charge on any atom is -0.478 e. The fourth-order valence-corrected chi connectivity index (χ4v) is 0.757. The van der Waals surface area contributed by atoms with Crippen LogP contribution in [0.15, 0.2) is 73.9 Å². The molecular weight excluding hydrogens is 236 g/mol. The van der Waals surface area contributed by atoms with Crippen LogP contribution >= 0.6 is 0 Å². The molecule has 0 spiro atoms. The average Bonchev–Trinajstić information content (AvgIpc) is 2.41. The Labute approximate surface area is 116 Å². The smallest absolute Gasteiger partial charge is 0.327 e. The van der Waals surface area contributed by atoms with Crippen molar-refractivity contribution in [3.63, 3.8) is 0 Å². The lowest BCUT2D eigenvalue weighted by atomic mass is 10.2. The van der Waals surface area contributed by atoms with Gasteiger partial charge in [-0.05, 0) is 19.4 Å². The van der Waals surface area contributed by atoms with Gasteiger partial charge in [-0.1, -0.05) is 73.9 Å². The van der Waals surface area contributed by atoms with E-state index in [0.717, 1.165) is 11.6 Å². The quantitative estimate of drug-likeness (QED) is 0.629. The second kappa shape index (κ2) is 13.7. The average molecular weight is 258 g/mol. The molecule has 0 atom stereocenters. The third-order valence-corrected chi connectivity index (χ3v) is 1.68. The SMILES string of the molecule is C=CC(=C)C.C=CC(=O)O.CC=Cc1ccccc1. The Morgan fingerprint density at radius 3 is 1.84 bits per heavy atom. The van der Waals surface area contributed by atoms with Crippen molar-refractivity contribution in [2.75, 3.05) is 0 Å². The van der Waals surface area contributed by atoms with Gasteiger partial charge in [0, 0.05) is 6.08 Å². The molecule has 1 aromatic rings. The molecule has 1 N–H and O–H groups in total. The molecule has 0 bridgehead atoms. The molecule has 0 aliphatic carbocycles. The van der Waals surface area contributed by atoms with Gasteiger partial charge in [-0.15, -0.1) is 0 Å². The Bertz CT molecular complexity index is 396. The van der Waals surface area contributed by atoms with E-state index in [4.69, 9.17) is 5.11 Å². The molecule has 0 amide bonds. The summed E-state index contributed by atoms with van der Waals surface area (Å²) in [5.74, 6) is -0.981. The van der Waals surface area contributed by atoms with E-state index in [1.807, 2.05) is 38.1 Å². The Morgan fingerprint density at radius 2 is 1.58 bits per heavy atom. The maximum absolute atomic E-state index is 9.25. The molecule has 0 saturated carbocycles. The normalized spacial score (nSPS) is 8.32. The predicted octanol–water partition coefficient (Wildman–Crippen LogP) is 4.73. The minimum absolute atomic E-state index is 0.833. The number of hydrogen-bond acceptors (Lipinski definition) is 1. The first-order valence-electron chi connectivity index (χ1n) is 5.79. The standard InChI is InChI=1S/C9H10.C5H8.C3H4O2/c1-2-6-9-7-4-3-5-8-9;1-4-5(2)3;1-2-3(4)5/h2-8H,1H3;4H,1-2H2,3H3;2H,1H2,(H,4,5). The number of carboxylic acids is 1. The van der Waals surface area contributed by atoms with E-state index in [-0.39, 0.29) is 0 Å². The van der Waals surface area contributed by atoms with Crippen molar-refractivity contribution in [3.8, 4) is 0 Å². The number of hydrogen-bond donors (Lipinski definition) is 1. The summed E-state index contributed by atoms with van der Waals surface area (Å²) >= 11 is 0. The van der Waals surface area contributed by atoms with E-state index in [2.05, 4.69) is 37.9 Å². The first-order chi connectivity index (χ1) is 8.97. The predicted molar refractivity (Wildman–Crippen MR) is 84.0 cm³/mol.